The van der Waals surface area contributed by atoms with Crippen LogP contribution in [0.5, 0.6) is 5.75 Å². The minimum absolute atomic E-state index is 0.256. The first kappa shape index (κ1) is 12.9. The summed E-state index contributed by atoms with van der Waals surface area (Å²) in [6, 6.07) is 7.13. The highest BCUT2D eigenvalue weighted by Gasteiger charge is 2.42. The van der Waals surface area contributed by atoms with Crippen LogP contribution < -0.4 is 0 Å². The van der Waals surface area contributed by atoms with Gasteiger partial charge in [0.2, 0.25) is 0 Å². The zero-order valence-corrected chi connectivity index (χ0v) is 10.6. The number of likely N-dealkylation sites (tertiary alicyclic amines) is 1. The smallest absolute Gasteiger partial charge is 0.310 e. The van der Waals surface area contributed by atoms with Crippen molar-refractivity contribution in [3.8, 4) is 5.75 Å². The molecule has 0 aliphatic carbocycles. The molecule has 2 rings (SSSR count). The lowest BCUT2D eigenvalue weighted by Crippen LogP contribution is -2.33. The predicted octanol–water partition coefficient (Wildman–Crippen LogP) is 2.08. The van der Waals surface area contributed by atoms with Crippen molar-refractivity contribution in [2.24, 2.45) is 5.41 Å². The van der Waals surface area contributed by atoms with Gasteiger partial charge in [-0.3, -0.25) is 9.69 Å². The maximum absolute atomic E-state index is 11.3. The molecule has 1 aromatic rings. The number of phenols is 1. The van der Waals surface area contributed by atoms with Gasteiger partial charge in [0.05, 0.1) is 5.41 Å². The van der Waals surface area contributed by atoms with Gasteiger partial charge in [0, 0.05) is 13.1 Å². The molecule has 18 heavy (non-hydrogen) atoms. The molecule has 0 amide bonds. The number of carboxylic acids is 1. The summed E-state index contributed by atoms with van der Waals surface area (Å²) < 4.78 is 0. The fourth-order valence-electron chi connectivity index (χ4n) is 2.62. The van der Waals surface area contributed by atoms with Crippen molar-refractivity contribution in [2.75, 3.05) is 13.1 Å². The van der Waals surface area contributed by atoms with Crippen LogP contribution in [0.4, 0.5) is 0 Å². The molecule has 4 nitrogen and oxygen atoms in total. The summed E-state index contributed by atoms with van der Waals surface area (Å²) in [6.45, 7) is 4.03. The molecule has 1 aliphatic heterocycles. The van der Waals surface area contributed by atoms with Gasteiger partial charge in [-0.05, 0) is 37.1 Å². The molecular formula is C14H19NO3. The monoisotopic (exact) mass is 249 g/mol. The summed E-state index contributed by atoms with van der Waals surface area (Å²) in [4.78, 5) is 13.5. The highest BCUT2D eigenvalue weighted by atomic mass is 16.4. The highest BCUT2D eigenvalue weighted by Crippen LogP contribution is 2.34. The Morgan fingerprint density at radius 2 is 2.28 bits per heavy atom. The molecule has 98 valence electrons. The van der Waals surface area contributed by atoms with E-state index in [4.69, 9.17) is 0 Å². The lowest BCUT2D eigenvalue weighted by Gasteiger charge is -2.23. The Hall–Kier alpha value is -1.55. The van der Waals surface area contributed by atoms with E-state index in [1.54, 1.807) is 12.1 Å². The SMILES string of the molecule is CCC1(C(=O)O)CCN(Cc2cccc(O)c2)C1. The Kier molecular flexibility index (Phi) is 3.57. The largest absolute Gasteiger partial charge is 0.508 e. The first-order valence-electron chi connectivity index (χ1n) is 6.29. The van der Waals surface area contributed by atoms with Gasteiger partial charge in [0.15, 0.2) is 0 Å². The van der Waals surface area contributed by atoms with Crippen molar-refractivity contribution in [2.45, 2.75) is 26.3 Å². The minimum atomic E-state index is -0.691. The van der Waals surface area contributed by atoms with Crippen LogP contribution in [-0.2, 0) is 11.3 Å². The second kappa shape index (κ2) is 4.98. The second-order valence-electron chi connectivity index (χ2n) is 5.07. The van der Waals surface area contributed by atoms with E-state index in [0.717, 1.165) is 12.1 Å². The number of phenolic OH excluding ortho intramolecular Hbond substituents is 1. The van der Waals surface area contributed by atoms with Crippen LogP contribution in [0.15, 0.2) is 24.3 Å². The van der Waals surface area contributed by atoms with Crippen LogP contribution in [-0.4, -0.2) is 34.2 Å². The number of carbonyl (C=O) groups is 1. The summed E-state index contributed by atoms with van der Waals surface area (Å²) in [5, 5.41) is 18.7. The Morgan fingerprint density at radius 1 is 1.50 bits per heavy atom. The average Bonchev–Trinajstić information content (AvgIpc) is 2.74. The third kappa shape index (κ3) is 2.48. The Balaban J connectivity index is 2.03. The maximum atomic E-state index is 11.3. The third-order valence-corrected chi connectivity index (χ3v) is 3.88. The molecule has 0 aromatic heterocycles. The van der Waals surface area contributed by atoms with Crippen LogP contribution in [0, 0.1) is 5.41 Å². The number of aliphatic carboxylic acids is 1. The van der Waals surface area contributed by atoms with Crippen molar-refractivity contribution in [3.63, 3.8) is 0 Å². The number of carboxylic acid groups (broad SMARTS) is 1. The summed E-state index contributed by atoms with van der Waals surface area (Å²) in [6.07, 6.45) is 1.37. The fraction of sp³-hybridized carbons (Fsp3) is 0.500. The molecule has 1 unspecified atom stereocenters. The first-order chi connectivity index (χ1) is 8.55. The van der Waals surface area contributed by atoms with Crippen molar-refractivity contribution >= 4 is 5.97 Å². The molecular weight excluding hydrogens is 230 g/mol. The Bertz CT molecular complexity index is 446. The van der Waals surface area contributed by atoms with Crippen LogP contribution in [0.1, 0.15) is 25.3 Å². The van der Waals surface area contributed by atoms with Crippen LogP contribution >= 0.6 is 0 Å². The van der Waals surface area contributed by atoms with E-state index >= 15 is 0 Å². The molecule has 4 heteroatoms. The van der Waals surface area contributed by atoms with Gasteiger partial charge in [-0.25, -0.2) is 0 Å². The van der Waals surface area contributed by atoms with Crippen LogP contribution in [0.3, 0.4) is 0 Å². The molecule has 2 N–H and O–H groups in total. The van der Waals surface area contributed by atoms with Crippen LogP contribution in [0.25, 0.3) is 0 Å². The van der Waals surface area contributed by atoms with Crippen molar-refractivity contribution in [1.82, 2.24) is 4.90 Å². The Labute approximate surface area is 107 Å². The van der Waals surface area contributed by atoms with Gasteiger partial charge < -0.3 is 10.2 Å². The van der Waals surface area contributed by atoms with E-state index in [9.17, 15) is 15.0 Å². The second-order valence-corrected chi connectivity index (χ2v) is 5.07. The van der Waals surface area contributed by atoms with Crippen LogP contribution in [0.2, 0.25) is 0 Å². The van der Waals surface area contributed by atoms with Gasteiger partial charge in [-0.2, -0.15) is 0 Å². The standard InChI is InChI=1S/C14H19NO3/c1-2-14(13(17)18)6-7-15(10-14)9-11-4-3-5-12(16)8-11/h3-5,8,16H,2,6-7,9-10H2,1H3,(H,17,18). The van der Waals surface area contributed by atoms with Gasteiger partial charge in [0.1, 0.15) is 5.75 Å². The lowest BCUT2D eigenvalue weighted by atomic mass is 9.84. The number of hydrogen-bond donors (Lipinski definition) is 2. The molecule has 1 aromatic carbocycles. The third-order valence-electron chi connectivity index (χ3n) is 3.88. The number of rotatable bonds is 4. The zero-order chi connectivity index (χ0) is 13.2. The number of nitrogens with zero attached hydrogens (tertiary/aromatic N) is 1. The molecule has 0 spiro atoms. The number of hydrogen-bond acceptors (Lipinski definition) is 3. The molecule has 0 radical (unpaired) electrons. The van der Waals surface area contributed by atoms with Gasteiger partial charge in [-0.1, -0.05) is 19.1 Å². The molecule has 1 saturated heterocycles. The van der Waals surface area contributed by atoms with Gasteiger partial charge in [-0.15, -0.1) is 0 Å². The summed E-state index contributed by atoms with van der Waals surface area (Å²) >= 11 is 0. The highest BCUT2D eigenvalue weighted by molar-refractivity contribution is 5.75. The maximum Gasteiger partial charge on any atom is 0.310 e. The summed E-state index contributed by atoms with van der Waals surface area (Å²) in [5.74, 6) is -0.435. The quantitative estimate of drug-likeness (QED) is 0.857. The normalized spacial score (nSPS) is 24.3. The molecule has 1 heterocycles. The molecule has 1 atom stereocenters. The summed E-state index contributed by atoms with van der Waals surface area (Å²) in [5.41, 5.74) is 0.434. The van der Waals surface area contributed by atoms with Crippen molar-refractivity contribution in [1.29, 1.82) is 0 Å². The average molecular weight is 249 g/mol. The topological polar surface area (TPSA) is 60.8 Å². The first-order valence-corrected chi connectivity index (χ1v) is 6.29. The molecule has 0 bridgehead atoms. The van der Waals surface area contributed by atoms with E-state index in [0.29, 0.717) is 25.9 Å². The van der Waals surface area contributed by atoms with Gasteiger partial charge >= 0.3 is 5.97 Å². The lowest BCUT2D eigenvalue weighted by molar-refractivity contribution is -0.148. The summed E-state index contributed by atoms with van der Waals surface area (Å²) in [7, 11) is 0. The molecule has 1 fully saturated rings. The van der Waals surface area contributed by atoms with E-state index in [-0.39, 0.29) is 5.75 Å². The molecule has 1 aliphatic rings. The molecule has 0 saturated carbocycles. The number of aromatic hydroxyl groups is 1. The van der Waals surface area contributed by atoms with E-state index in [1.807, 2.05) is 19.1 Å². The predicted molar refractivity (Wildman–Crippen MR) is 68.4 cm³/mol. The zero-order valence-electron chi connectivity index (χ0n) is 10.6. The minimum Gasteiger partial charge on any atom is -0.508 e. The Morgan fingerprint density at radius 3 is 2.83 bits per heavy atom. The van der Waals surface area contributed by atoms with E-state index < -0.39 is 11.4 Å². The van der Waals surface area contributed by atoms with Crippen molar-refractivity contribution < 1.29 is 15.0 Å². The van der Waals surface area contributed by atoms with Crippen molar-refractivity contribution in [3.05, 3.63) is 29.8 Å². The van der Waals surface area contributed by atoms with E-state index in [1.165, 1.54) is 0 Å². The van der Waals surface area contributed by atoms with Gasteiger partial charge in [0.25, 0.3) is 0 Å². The van der Waals surface area contributed by atoms with E-state index in [2.05, 4.69) is 4.90 Å². The fourth-order valence-corrected chi connectivity index (χ4v) is 2.62. The number of benzene rings is 1.